The van der Waals surface area contributed by atoms with E-state index < -0.39 is 71.1 Å². The van der Waals surface area contributed by atoms with Crippen LogP contribution in [0.3, 0.4) is 0 Å². The highest BCUT2D eigenvalue weighted by Gasteiger charge is 2.41. The van der Waals surface area contributed by atoms with Crippen molar-refractivity contribution in [3.8, 4) is 11.5 Å². The molecule has 0 spiro atoms. The van der Waals surface area contributed by atoms with Crippen molar-refractivity contribution in [2.75, 3.05) is 14.2 Å². The van der Waals surface area contributed by atoms with E-state index in [0.717, 1.165) is 71.9 Å². The van der Waals surface area contributed by atoms with Gasteiger partial charge in [0.1, 0.15) is 35.9 Å². The molecule has 6 aromatic carbocycles. The Morgan fingerprint density at radius 1 is 0.429 bits per heavy atom. The number of Topliss-reactive ketones (excluding diaryl/α,β-unsaturated/α-hetero) is 2. The number of benzene rings is 6. The van der Waals surface area contributed by atoms with Gasteiger partial charge in [-0.05, 0) is 212 Å². The highest BCUT2D eigenvalue weighted by Crippen LogP contribution is 2.36. The van der Waals surface area contributed by atoms with Crippen molar-refractivity contribution in [2.45, 2.75) is 167 Å². The van der Waals surface area contributed by atoms with E-state index >= 15 is 0 Å². The molecule has 6 unspecified atom stereocenters. The molecule has 0 aliphatic heterocycles. The van der Waals surface area contributed by atoms with Crippen LogP contribution in [0.15, 0.2) is 170 Å². The molecule has 6 aromatic rings. The third kappa shape index (κ3) is 20.6. The van der Waals surface area contributed by atoms with E-state index in [4.69, 9.17) is 28.4 Å². The lowest BCUT2D eigenvalue weighted by molar-refractivity contribution is -0.135. The molecule has 4 N–H and O–H groups in total. The average molecular weight is 1330 g/mol. The summed E-state index contributed by atoms with van der Waals surface area (Å²) in [5.41, 5.74) is 7.63. The largest absolute Gasteiger partial charge is 0.489 e. The van der Waals surface area contributed by atoms with Crippen molar-refractivity contribution in [3.63, 3.8) is 0 Å². The van der Waals surface area contributed by atoms with Gasteiger partial charge in [-0.3, -0.25) is 19.2 Å². The SMILES string of the molecule is COC(=O)c1ccc(COc2ccc(CC(NC(=O)OC(C)(C)C)C(=O)C3CC=CC[C@@H]3C(=O)NC3CCCc4ccccc43)cc2)cc1.COC(=O)c1ccc(COc2ccc(CC(NC(=O)OC(C)(C)C)C(=O)C3CC=CC[C@H]3C(=O)NC3CCCc4ccccc43)cc2)cc1. The molecule has 10 rings (SSSR count). The molecule has 0 fully saturated rings. The number of ether oxygens (including phenoxy) is 6. The van der Waals surface area contributed by atoms with Crippen LogP contribution in [0.2, 0.25) is 0 Å². The minimum Gasteiger partial charge on any atom is -0.489 e. The summed E-state index contributed by atoms with van der Waals surface area (Å²) in [6.45, 7) is 11.2. The van der Waals surface area contributed by atoms with Crippen LogP contribution in [0.4, 0.5) is 9.59 Å². The van der Waals surface area contributed by atoms with Crippen molar-refractivity contribution in [3.05, 3.63) is 226 Å². The number of hydrogen-bond donors (Lipinski definition) is 4. The Balaban J connectivity index is 0.000000229. The number of aryl methyl sites for hydroxylation is 2. The quantitative estimate of drug-likeness (QED) is 0.0281. The number of alkyl carbamates (subject to hydrolysis) is 2. The van der Waals surface area contributed by atoms with Gasteiger partial charge in [-0.25, -0.2) is 19.2 Å². The highest BCUT2D eigenvalue weighted by atomic mass is 16.6. The molecule has 18 heteroatoms. The molecular weight excluding hydrogens is 1240 g/mol. The first-order valence-electron chi connectivity index (χ1n) is 33.9. The zero-order valence-corrected chi connectivity index (χ0v) is 57.4. The Hall–Kier alpha value is -9.84. The molecule has 4 aliphatic rings. The third-order valence-corrected chi connectivity index (χ3v) is 18.0. The summed E-state index contributed by atoms with van der Waals surface area (Å²) in [4.78, 5) is 105. The van der Waals surface area contributed by atoms with Gasteiger partial charge >= 0.3 is 24.1 Å². The molecule has 0 heterocycles. The van der Waals surface area contributed by atoms with E-state index in [9.17, 15) is 38.4 Å². The molecule has 18 nitrogen and oxygen atoms in total. The van der Waals surface area contributed by atoms with E-state index in [1.54, 1.807) is 90.1 Å². The van der Waals surface area contributed by atoms with Crippen LogP contribution in [-0.4, -0.2) is 85.0 Å². The number of carbonyl (C=O) groups excluding carboxylic acids is 8. The maximum absolute atomic E-state index is 14.3. The van der Waals surface area contributed by atoms with Crippen molar-refractivity contribution >= 4 is 47.5 Å². The summed E-state index contributed by atoms with van der Waals surface area (Å²) >= 11 is 0. The second-order valence-corrected chi connectivity index (χ2v) is 27.5. The Labute approximate surface area is 575 Å². The molecular formula is C80H92N4O14. The van der Waals surface area contributed by atoms with Gasteiger partial charge < -0.3 is 49.7 Å². The van der Waals surface area contributed by atoms with Gasteiger partial charge in [-0.1, -0.05) is 121 Å². The summed E-state index contributed by atoms with van der Waals surface area (Å²) in [6, 6.07) is 43.1. The van der Waals surface area contributed by atoms with Crippen LogP contribution in [-0.2, 0) is 77.0 Å². The number of fused-ring (bicyclic) bond motifs is 2. The van der Waals surface area contributed by atoms with Gasteiger partial charge in [-0.2, -0.15) is 0 Å². The minimum absolute atomic E-state index is 0.0882. The molecule has 0 bridgehead atoms. The van der Waals surface area contributed by atoms with Gasteiger partial charge in [0.15, 0.2) is 11.6 Å². The van der Waals surface area contributed by atoms with Crippen LogP contribution in [0.1, 0.15) is 170 Å². The van der Waals surface area contributed by atoms with Crippen molar-refractivity contribution in [2.24, 2.45) is 23.7 Å². The van der Waals surface area contributed by atoms with Crippen molar-refractivity contribution in [1.29, 1.82) is 0 Å². The minimum atomic E-state index is -0.905. The number of nitrogens with one attached hydrogen (secondary N) is 4. The Bertz CT molecular complexity index is 3560. The van der Waals surface area contributed by atoms with Gasteiger partial charge in [-0.15, -0.1) is 0 Å². The van der Waals surface area contributed by atoms with Gasteiger partial charge in [0.2, 0.25) is 11.8 Å². The molecule has 0 radical (unpaired) electrons. The fourth-order valence-electron chi connectivity index (χ4n) is 13.0. The second kappa shape index (κ2) is 33.9. The smallest absolute Gasteiger partial charge is 0.408 e. The zero-order valence-electron chi connectivity index (χ0n) is 57.4. The van der Waals surface area contributed by atoms with Crippen LogP contribution in [0.5, 0.6) is 11.5 Å². The fraction of sp³-hybridized carbons (Fsp3) is 0.400. The third-order valence-electron chi connectivity index (χ3n) is 18.0. The Morgan fingerprint density at radius 2 is 0.765 bits per heavy atom. The monoisotopic (exact) mass is 1330 g/mol. The highest BCUT2D eigenvalue weighted by molar-refractivity contribution is 5.96. The number of allylic oxidation sites excluding steroid dienone is 4. The molecule has 8 atom stereocenters. The maximum atomic E-state index is 14.3. The lowest BCUT2D eigenvalue weighted by Gasteiger charge is -2.33. The topological polar surface area (TPSA) is 240 Å². The summed E-state index contributed by atoms with van der Waals surface area (Å²) in [6.07, 6.45) is 14.3. The summed E-state index contributed by atoms with van der Waals surface area (Å²) in [7, 11) is 2.69. The van der Waals surface area contributed by atoms with E-state index in [-0.39, 0.29) is 48.3 Å². The molecule has 0 saturated heterocycles. The first kappa shape index (κ1) is 72.4. The van der Waals surface area contributed by atoms with E-state index in [1.165, 1.54) is 25.3 Å². The van der Waals surface area contributed by atoms with Gasteiger partial charge in [0, 0.05) is 11.8 Å². The molecule has 4 aliphatic carbocycles. The number of amides is 4. The van der Waals surface area contributed by atoms with Gasteiger partial charge in [0.25, 0.3) is 0 Å². The predicted molar refractivity (Wildman–Crippen MR) is 372 cm³/mol. The van der Waals surface area contributed by atoms with E-state index in [1.807, 2.05) is 97.1 Å². The molecule has 4 amide bonds. The molecule has 98 heavy (non-hydrogen) atoms. The van der Waals surface area contributed by atoms with Crippen LogP contribution >= 0.6 is 0 Å². The molecule has 0 aromatic heterocycles. The van der Waals surface area contributed by atoms with Crippen molar-refractivity contribution in [1.82, 2.24) is 21.3 Å². The molecule has 0 saturated carbocycles. The van der Waals surface area contributed by atoms with Gasteiger partial charge in [0.05, 0.1) is 61.3 Å². The summed E-state index contributed by atoms with van der Waals surface area (Å²) in [5.74, 6) is -2.51. The Morgan fingerprint density at radius 3 is 1.11 bits per heavy atom. The normalized spacial score (nSPS) is 19.1. The zero-order chi connectivity index (χ0) is 69.9. The predicted octanol–water partition coefficient (Wildman–Crippen LogP) is 13.7. The van der Waals surface area contributed by atoms with Crippen LogP contribution in [0.25, 0.3) is 0 Å². The standard InChI is InChI=1S/2C40H46N2O7/c2*1-40(2,3)49-39(46)42-35(24-26-18-22-30(23-19-26)48-25-27-16-20-29(21-17-27)38(45)47-4)36(43)32-13-7-8-14-33(32)37(44)41-34-15-9-11-28-10-5-6-12-31(28)34/h2*5-8,10,12,16-23,32-35H,9,11,13-15,24-25H2,1-4H3,(H,41,44)(H,42,46)/t2*32?,33-,34?,35?/m10/s1. The lowest BCUT2D eigenvalue weighted by atomic mass is 9.76. The van der Waals surface area contributed by atoms with E-state index in [2.05, 4.69) is 45.5 Å². The fourth-order valence-corrected chi connectivity index (χ4v) is 13.0. The number of hydrogen-bond acceptors (Lipinski definition) is 14. The first-order valence-corrected chi connectivity index (χ1v) is 33.9. The van der Waals surface area contributed by atoms with E-state index in [0.29, 0.717) is 61.5 Å². The number of esters is 2. The Kier molecular flexibility index (Phi) is 25.1. The lowest BCUT2D eigenvalue weighted by Crippen LogP contribution is -2.50. The number of methoxy groups -OCH3 is 2. The average Bonchev–Trinajstić information content (AvgIpc) is 0.917. The maximum Gasteiger partial charge on any atom is 0.408 e. The summed E-state index contributed by atoms with van der Waals surface area (Å²) < 4.78 is 32.4. The first-order chi connectivity index (χ1) is 47.0. The van der Waals surface area contributed by atoms with Crippen molar-refractivity contribution < 1.29 is 66.8 Å². The van der Waals surface area contributed by atoms with Crippen LogP contribution < -0.4 is 30.7 Å². The van der Waals surface area contributed by atoms with Crippen LogP contribution in [0, 0.1) is 23.7 Å². The second-order valence-electron chi connectivity index (χ2n) is 27.5. The number of rotatable bonds is 22. The molecule has 516 valence electrons. The number of carbonyl (C=O) groups is 8. The number of ketones is 2. The summed E-state index contributed by atoms with van der Waals surface area (Å²) in [5, 5.41) is 12.2.